The van der Waals surface area contributed by atoms with Gasteiger partial charge >= 0.3 is 0 Å². The zero-order valence-corrected chi connectivity index (χ0v) is 11.1. The first-order valence-corrected chi connectivity index (χ1v) is 5.96. The number of methoxy groups -OCH3 is 1. The predicted molar refractivity (Wildman–Crippen MR) is 69.7 cm³/mol. The SMILES string of the molecule is COc1ccc(C(=O)C(CN)C(C)C)c(Cl)c1. The van der Waals surface area contributed by atoms with Crippen molar-refractivity contribution < 1.29 is 9.53 Å². The Kier molecular flexibility index (Phi) is 4.97. The van der Waals surface area contributed by atoms with E-state index in [-0.39, 0.29) is 17.6 Å². The Labute approximate surface area is 107 Å². The molecule has 0 bridgehead atoms. The molecule has 2 N–H and O–H groups in total. The van der Waals surface area contributed by atoms with E-state index in [4.69, 9.17) is 22.1 Å². The lowest BCUT2D eigenvalue weighted by Crippen LogP contribution is -2.28. The van der Waals surface area contributed by atoms with Crippen molar-refractivity contribution in [3.8, 4) is 5.75 Å². The first-order valence-electron chi connectivity index (χ1n) is 5.59. The van der Waals surface area contributed by atoms with Gasteiger partial charge in [0.25, 0.3) is 0 Å². The van der Waals surface area contributed by atoms with Gasteiger partial charge in [-0.15, -0.1) is 0 Å². The van der Waals surface area contributed by atoms with Crippen LogP contribution in [0.3, 0.4) is 0 Å². The molecule has 3 nitrogen and oxygen atoms in total. The van der Waals surface area contributed by atoms with Crippen molar-refractivity contribution in [1.82, 2.24) is 0 Å². The summed E-state index contributed by atoms with van der Waals surface area (Å²) in [4.78, 5) is 12.2. The summed E-state index contributed by atoms with van der Waals surface area (Å²) in [6, 6.07) is 5.06. The molecule has 0 aliphatic rings. The third-order valence-electron chi connectivity index (χ3n) is 2.84. The zero-order chi connectivity index (χ0) is 13.0. The molecule has 0 aliphatic heterocycles. The topological polar surface area (TPSA) is 52.3 Å². The van der Waals surface area contributed by atoms with Gasteiger partial charge in [0.05, 0.1) is 12.1 Å². The molecule has 1 unspecified atom stereocenters. The van der Waals surface area contributed by atoms with E-state index in [1.807, 2.05) is 13.8 Å². The molecule has 94 valence electrons. The number of ketones is 1. The maximum atomic E-state index is 12.2. The van der Waals surface area contributed by atoms with Crippen molar-refractivity contribution in [1.29, 1.82) is 0 Å². The number of halogens is 1. The monoisotopic (exact) mass is 255 g/mol. The van der Waals surface area contributed by atoms with Crippen LogP contribution in [0.5, 0.6) is 5.75 Å². The van der Waals surface area contributed by atoms with Crippen LogP contribution in [-0.2, 0) is 0 Å². The fourth-order valence-corrected chi connectivity index (χ4v) is 1.97. The first-order chi connectivity index (χ1) is 8.01. The summed E-state index contributed by atoms with van der Waals surface area (Å²) in [5.74, 6) is 0.641. The van der Waals surface area contributed by atoms with Crippen molar-refractivity contribution in [2.24, 2.45) is 17.6 Å². The summed E-state index contributed by atoms with van der Waals surface area (Å²) in [5, 5.41) is 0.411. The maximum Gasteiger partial charge on any atom is 0.168 e. The molecule has 1 rings (SSSR count). The largest absolute Gasteiger partial charge is 0.497 e. The Morgan fingerprint density at radius 3 is 2.53 bits per heavy atom. The minimum atomic E-state index is -0.194. The summed E-state index contributed by atoms with van der Waals surface area (Å²) in [5.41, 5.74) is 6.14. The molecular formula is C13H18ClNO2. The van der Waals surface area contributed by atoms with Crippen LogP contribution in [0.1, 0.15) is 24.2 Å². The Bertz CT molecular complexity index is 404. The van der Waals surface area contributed by atoms with Gasteiger partial charge in [-0.05, 0) is 24.1 Å². The van der Waals surface area contributed by atoms with Crippen LogP contribution in [0.25, 0.3) is 0 Å². The van der Waals surface area contributed by atoms with E-state index in [0.29, 0.717) is 22.9 Å². The lowest BCUT2D eigenvalue weighted by molar-refractivity contribution is 0.0892. The molecule has 0 spiro atoms. The standard InChI is InChI=1S/C13H18ClNO2/c1-8(2)11(7-15)13(16)10-5-4-9(17-3)6-12(10)14/h4-6,8,11H,7,15H2,1-3H3. The smallest absolute Gasteiger partial charge is 0.168 e. The number of rotatable bonds is 5. The molecule has 1 aromatic rings. The lowest BCUT2D eigenvalue weighted by atomic mass is 9.88. The van der Waals surface area contributed by atoms with Crippen LogP contribution in [0, 0.1) is 11.8 Å². The minimum absolute atomic E-state index is 0.00449. The molecule has 0 aliphatic carbocycles. The van der Waals surface area contributed by atoms with Gasteiger partial charge in [-0.1, -0.05) is 25.4 Å². The molecule has 17 heavy (non-hydrogen) atoms. The normalized spacial score (nSPS) is 12.6. The summed E-state index contributed by atoms with van der Waals surface area (Å²) in [6.45, 7) is 4.29. The predicted octanol–water partition coefficient (Wildman–Crippen LogP) is 2.76. The van der Waals surface area contributed by atoms with Gasteiger partial charge in [-0.3, -0.25) is 4.79 Å². The van der Waals surface area contributed by atoms with E-state index in [2.05, 4.69) is 0 Å². The van der Waals surface area contributed by atoms with Gasteiger partial charge in [0, 0.05) is 18.0 Å². The second-order valence-corrected chi connectivity index (χ2v) is 4.70. The number of carbonyl (C=O) groups excluding carboxylic acids is 1. The minimum Gasteiger partial charge on any atom is -0.497 e. The molecule has 0 amide bonds. The van der Waals surface area contributed by atoms with E-state index >= 15 is 0 Å². The van der Waals surface area contributed by atoms with Crippen LogP contribution >= 0.6 is 11.6 Å². The van der Waals surface area contributed by atoms with Gasteiger partial charge in [0.1, 0.15) is 5.75 Å². The van der Waals surface area contributed by atoms with Gasteiger partial charge in [0.15, 0.2) is 5.78 Å². The van der Waals surface area contributed by atoms with Crippen molar-refractivity contribution in [3.63, 3.8) is 0 Å². The number of nitrogens with two attached hydrogens (primary N) is 1. The molecule has 1 atom stereocenters. The molecule has 1 aromatic carbocycles. The summed E-state index contributed by atoms with van der Waals surface area (Å²) in [6.07, 6.45) is 0. The molecule has 0 fully saturated rings. The average Bonchev–Trinajstić information content (AvgIpc) is 2.28. The lowest BCUT2D eigenvalue weighted by Gasteiger charge is -2.18. The van der Waals surface area contributed by atoms with Crippen molar-refractivity contribution in [3.05, 3.63) is 28.8 Å². The van der Waals surface area contributed by atoms with Crippen LogP contribution in [0.15, 0.2) is 18.2 Å². The molecule has 0 radical (unpaired) electrons. The molecule has 0 saturated heterocycles. The van der Waals surface area contributed by atoms with Gasteiger partial charge in [0.2, 0.25) is 0 Å². The fraction of sp³-hybridized carbons (Fsp3) is 0.462. The Morgan fingerprint density at radius 2 is 2.12 bits per heavy atom. The molecular weight excluding hydrogens is 238 g/mol. The van der Waals surface area contributed by atoms with Gasteiger partial charge in [-0.25, -0.2) is 0 Å². The Hall–Kier alpha value is -1.06. The number of Topliss-reactive ketones (excluding diaryl/α,β-unsaturated/α-hetero) is 1. The molecule has 0 aromatic heterocycles. The van der Waals surface area contributed by atoms with E-state index < -0.39 is 0 Å². The quantitative estimate of drug-likeness (QED) is 0.823. The highest BCUT2D eigenvalue weighted by molar-refractivity contribution is 6.34. The van der Waals surface area contributed by atoms with E-state index in [9.17, 15) is 4.79 Å². The van der Waals surface area contributed by atoms with Crippen LogP contribution in [0.4, 0.5) is 0 Å². The first kappa shape index (κ1) is 14.0. The zero-order valence-electron chi connectivity index (χ0n) is 10.4. The maximum absolute atomic E-state index is 12.2. The van der Waals surface area contributed by atoms with Crippen molar-refractivity contribution >= 4 is 17.4 Å². The summed E-state index contributed by atoms with van der Waals surface area (Å²) < 4.78 is 5.04. The van der Waals surface area contributed by atoms with Gasteiger partial charge < -0.3 is 10.5 Å². The summed E-state index contributed by atoms with van der Waals surface area (Å²) in [7, 11) is 1.56. The third-order valence-corrected chi connectivity index (χ3v) is 3.15. The van der Waals surface area contributed by atoms with Crippen LogP contribution < -0.4 is 10.5 Å². The highest BCUT2D eigenvalue weighted by Gasteiger charge is 2.23. The summed E-state index contributed by atoms with van der Waals surface area (Å²) >= 11 is 6.07. The Balaban J connectivity index is 3.03. The second-order valence-electron chi connectivity index (χ2n) is 4.30. The van der Waals surface area contributed by atoms with Gasteiger partial charge in [-0.2, -0.15) is 0 Å². The van der Waals surface area contributed by atoms with Crippen LogP contribution in [-0.4, -0.2) is 19.4 Å². The number of hydrogen-bond donors (Lipinski definition) is 1. The second kappa shape index (κ2) is 6.03. The fourth-order valence-electron chi connectivity index (χ4n) is 1.70. The molecule has 0 saturated carbocycles. The highest BCUT2D eigenvalue weighted by Crippen LogP contribution is 2.26. The number of benzene rings is 1. The molecule has 0 heterocycles. The average molecular weight is 256 g/mol. The number of ether oxygens (including phenoxy) is 1. The van der Waals surface area contributed by atoms with E-state index in [1.54, 1.807) is 25.3 Å². The third kappa shape index (κ3) is 3.20. The highest BCUT2D eigenvalue weighted by atomic mass is 35.5. The van der Waals surface area contributed by atoms with Crippen molar-refractivity contribution in [2.75, 3.05) is 13.7 Å². The Morgan fingerprint density at radius 1 is 1.47 bits per heavy atom. The number of hydrogen-bond acceptors (Lipinski definition) is 3. The van der Waals surface area contributed by atoms with Crippen molar-refractivity contribution in [2.45, 2.75) is 13.8 Å². The molecule has 4 heteroatoms. The number of carbonyl (C=O) groups is 1. The van der Waals surface area contributed by atoms with E-state index in [1.165, 1.54) is 0 Å². The van der Waals surface area contributed by atoms with E-state index in [0.717, 1.165) is 0 Å². The van der Waals surface area contributed by atoms with Crippen LogP contribution in [0.2, 0.25) is 5.02 Å².